The van der Waals surface area contributed by atoms with Crippen LogP contribution in [0.1, 0.15) is 37.9 Å². The first-order valence-corrected chi connectivity index (χ1v) is 6.03. The first-order chi connectivity index (χ1) is 7.63. The molecule has 1 rings (SSSR count). The van der Waals surface area contributed by atoms with Crippen molar-refractivity contribution in [3.8, 4) is 0 Å². The molecule has 16 heavy (non-hydrogen) atoms. The minimum atomic E-state index is 0.371. The van der Waals surface area contributed by atoms with Gasteiger partial charge in [0, 0.05) is 18.7 Å². The smallest absolute Gasteiger partial charge is 0.0616 e. The molecule has 2 atom stereocenters. The molecule has 1 aromatic carbocycles. The van der Waals surface area contributed by atoms with Gasteiger partial charge in [-0.1, -0.05) is 29.8 Å². The van der Waals surface area contributed by atoms with Crippen molar-refractivity contribution < 1.29 is 4.74 Å². The van der Waals surface area contributed by atoms with E-state index in [4.69, 9.17) is 4.74 Å². The molecular formula is C14H23NO. The summed E-state index contributed by atoms with van der Waals surface area (Å²) < 4.78 is 5.39. The van der Waals surface area contributed by atoms with Crippen LogP contribution in [-0.2, 0) is 4.74 Å². The third-order valence-corrected chi connectivity index (χ3v) is 2.68. The fraction of sp³-hybridized carbons (Fsp3) is 0.571. The van der Waals surface area contributed by atoms with Crippen molar-refractivity contribution in [2.75, 3.05) is 13.2 Å². The van der Waals surface area contributed by atoms with E-state index in [2.05, 4.69) is 50.4 Å². The largest absolute Gasteiger partial charge is 0.380 e. The average molecular weight is 221 g/mol. The van der Waals surface area contributed by atoms with E-state index in [-0.39, 0.29) is 0 Å². The molecule has 0 radical (unpaired) electrons. The predicted molar refractivity (Wildman–Crippen MR) is 68.7 cm³/mol. The Labute approximate surface area is 99.0 Å². The molecule has 0 saturated carbocycles. The van der Waals surface area contributed by atoms with Crippen LogP contribution in [0.5, 0.6) is 0 Å². The van der Waals surface area contributed by atoms with Gasteiger partial charge >= 0.3 is 0 Å². The van der Waals surface area contributed by atoms with Crippen LogP contribution in [0.15, 0.2) is 24.3 Å². The molecule has 0 amide bonds. The molecule has 0 bridgehead atoms. The molecule has 90 valence electrons. The van der Waals surface area contributed by atoms with Gasteiger partial charge < -0.3 is 10.1 Å². The summed E-state index contributed by atoms with van der Waals surface area (Å²) in [6.45, 7) is 10.0. The number of benzene rings is 1. The van der Waals surface area contributed by atoms with Crippen molar-refractivity contribution in [3.63, 3.8) is 0 Å². The highest BCUT2D eigenvalue weighted by molar-refractivity contribution is 5.23. The quantitative estimate of drug-likeness (QED) is 0.797. The Morgan fingerprint density at radius 3 is 2.38 bits per heavy atom. The van der Waals surface area contributed by atoms with Crippen LogP contribution in [-0.4, -0.2) is 19.3 Å². The standard InChI is InChI=1S/C14H23NO/c1-5-16-10-12(3)15-13(4)14-8-6-11(2)7-9-14/h6-9,12-13,15H,5,10H2,1-4H3/t12?,13-/m1/s1. The van der Waals surface area contributed by atoms with Gasteiger partial charge in [-0.05, 0) is 33.3 Å². The van der Waals surface area contributed by atoms with E-state index in [1.807, 2.05) is 6.92 Å². The van der Waals surface area contributed by atoms with Crippen LogP contribution in [0.25, 0.3) is 0 Å². The normalized spacial score (nSPS) is 14.8. The van der Waals surface area contributed by atoms with Crippen LogP contribution >= 0.6 is 0 Å². The second kappa shape index (κ2) is 6.66. The topological polar surface area (TPSA) is 21.3 Å². The molecule has 0 aromatic heterocycles. The van der Waals surface area contributed by atoms with E-state index in [1.165, 1.54) is 11.1 Å². The zero-order valence-corrected chi connectivity index (χ0v) is 10.8. The van der Waals surface area contributed by atoms with Crippen LogP contribution < -0.4 is 5.32 Å². The van der Waals surface area contributed by atoms with E-state index in [0.29, 0.717) is 12.1 Å². The maximum atomic E-state index is 5.39. The number of rotatable bonds is 6. The number of hydrogen-bond acceptors (Lipinski definition) is 2. The lowest BCUT2D eigenvalue weighted by Gasteiger charge is -2.20. The summed E-state index contributed by atoms with van der Waals surface area (Å²) in [6, 6.07) is 9.43. The lowest BCUT2D eigenvalue weighted by atomic mass is 10.1. The van der Waals surface area contributed by atoms with Crippen LogP contribution in [0.2, 0.25) is 0 Å². The van der Waals surface area contributed by atoms with E-state index in [9.17, 15) is 0 Å². The van der Waals surface area contributed by atoms with Crippen LogP contribution in [0.3, 0.4) is 0 Å². The van der Waals surface area contributed by atoms with Gasteiger partial charge in [-0.2, -0.15) is 0 Å². The highest BCUT2D eigenvalue weighted by Gasteiger charge is 2.08. The summed E-state index contributed by atoms with van der Waals surface area (Å²) in [5, 5.41) is 3.53. The van der Waals surface area contributed by atoms with Crippen LogP contribution in [0, 0.1) is 6.92 Å². The number of aryl methyl sites for hydroxylation is 1. The summed E-state index contributed by atoms with van der Waals surface area (Å²) in [4.78, 5) is 0. The van der Waals surface area contributed by atoms with Gasteiger partial charge in [0.1, 0.15) is 0 Å². The summed E-state index contributed by atoms with van der Waals surface area (Å²) in [6.07, 6.45) is 0. The second-order valence-electron chi connectivity index (χ2n) is 4.36. The number of nitrogens with one attached hydrogen (secondary N) is 1. The van der Waals surface area contributed by atoms with Gasteiger partial charge in [0.2, 0.25) is 0 Å². The average Bonchev–Trinajstić information content (AvgIpc) is 2.27. The SMILES string of the molecule is CCOCC(C)N[C@H](C)c1ccc(C)cc1. The molecule has 0 aliphatic rings. The third-order valence-electron chi connectivity index (χ3n) is 2.68. The van der Waals surface area contributed by atoms with Gasteiger partial charge in [0.15, 0.2) is 0 Å². The van der Waals surface area contributed by atoms with Crippen molar-refractivity contribution in [1.82, 2.24) is 5.32 Å². The van der Waals surface area contributed by atoms with Gasteiger partial charge in [-0.15, -0.1) is 0 Å². The molecule has 0 saturated heterocycles. The highest BCUT2D eigenvalue weighted by atomic mass is 16.5. The van der Waals surface area contributed by atoms with E-state index in [1.54, 1.807) is 0 Å². The molecule has 1 N–H and O–H groups in total. The van der Waals surface area contributed by atoms with Crippen molar-refractivity contribution >= 4 is 0 Å². The number of hydrogen-bond donors (Lipinski definition) is 1. The zero-order chi connectivity index (χ0) is 12.0. The second-order valence-corrected chi connectivity index (χ2v) is 4.36. The molecule has 1 aromatic rings. The van der Waals surface area contributed by atoms with Crippen molar-refractivity contribution in [2.45, 2.75) is 39.8 Å². The maximum absolute atomic E-state index is 5.39. The minimum Gasteiger partial charge on any atom is -0.380 e. The molecule has 0 aliphatic carbocycles. The van der Waals surface area contributed by atoms with Crippen molar-refractivity contribution in [2.24, 2.45) is 0 Å². The summed E-state index contributed by atoms with van der Waals surface area (Å²) in [5.41, 5.74) is 2.63. The van der Waals surface area contributed by atoms with E-state index < -0.39 is 0 Å². The Hall–Kier alpha value is -0.860. The molecular weight excluding hydrogens is 198 g/mol. The Morgan fingerprint density at radius 1 is 1.19 bits per heavy atom. The predicted octanol–water partition coefficient (Wildman–Crippen LogP) is 3.07. The Morgan fingerprint density at radius 2 is 1.81 bits per heavy atom. The molecule has 0 fully saturated rings. The summed E-state index contributed by atoms with van der Waals surface area (Å²) in [7, 11) is 0. The lowest BCUT2D eigenvalue weighted by molar-refractivity contribution is 0.124. The van der Waals surface area contributed by atoms with Gasteiger partial charge in [-0.25, -0.2) is 0 Å². The van der Waals surface area contributed by atoms with Crippen molar-refractivity contribution in [3.05, 3.63) is 35.4 Å². The first-order valence-electron chi connectivity index (χ1n) is 6.03. The molecule has 0 heterocycles. The van der Waals surface area contributed by atoms with Gasteiger partial charge in [0.25, 0.3) is 0 Å². The molecule has 1 unspecified atom stereocenters. The number of ether oxygens (including phenoxy) is 1. The van der Waals surface area contributed by atoms with E-state index >= 15 is 0 Å². The maximum Gasteiger partial charge on any atom is 0.0616 e. The fourth-order valence-corrected chi connectivity index (χ4v) is 1.72. The molecule has 0 aliphatic heterocycles. The molecule has 2 nitrogen and oxygen atoms in total. The monoisotopic (exact) mass is 221 g/mol. The summed E-state index contributed by atoms with van der Waals surface area (Å²) in [5.74, 6) is 0. The Bertz CT molecular complexity index is 294. The Kier molecular flexibility index (Phi) is 5.50. The Balaban J connectivity index is 2.45. The zero-order valence-electron chi connectivity index (χ0n) is 10.8. The molecule has 0 spiro atoms. The van der Waals surface area contributed by atoms with Crippen LogP contribution in [0.4, 0.5) is 0 Å². The first kappa shape index (κ1) is 13.2. The van der Waals surface area contributed by atoms with E-state index in [0.717, 1.165) is 13.2 Å². The fourth-order valence-electron chi connectivity index (χ4n) is 1.72. The molecule has 2 heteroatoms. The lowest BCUT2D eigenvalue weighted by Crippen LogP contribution is -2.32. The van der Waals surface area contributed by atoms with Gasteiger partial charge in [-0.3, -0.25) is 0 Å². The summed E-state index contributed by atoms with van der Waals surface area (Å²) >= 11 is 0. The highest BCUT2D eigenvalue weighted by Crippen LogP contribution is 2.13. The third kappa shape index (κ3) is 4.33. The van der Waals surface area contributed by atoms with Gasteiger partial charge in [0.05, 0.1) is 6.61 Å². The minimum absolute atomic E-state index is 0.371. The van der Waals surface area contributed by atoms with Crippen molar-refractivity contribution in [1.29, 1.82) is 0 Å².